The van der Waals surface area contributed by atoms with E-state index in [9.17, 15) is 4.79 Å². The van der Waals surface area contributed by atoms with E-state index in [0.717, 1.165) is 0 Å². The summed E-state index contributed by atoms with van der Waals surface area (Å²) in [7, 11) is 0. The molecule has 0 fully saturated rings. The van der Waals surface area contributed by atoms with Crippen molar-refractivity contribution in [1.82, 2.24) is 15.1 Å². The van der Waals surface area contributed by atoms with Gasteiger partial charge >= 0.3 is 0 Å². The molecule has 72 valence electrons. The number of rotatable bonds is 4. The van der Waals surface area contributed by atoms with Crippen molar-refractivity contribution in [2.45, 2.75) is 13.5 Å². The summed E-state index contributed by atoms with van der Waals surface area (Å²) in [5.41, 5.74) is 5.92. The van der Waals surface area contributed by atoms with Crippen molar-refractivity contribution >= 4 is 5.91 Å². The molecular formula is C8H14N4O. The van der Waals surface area contributed by atoms with Gasteiger partial charge in [-0.15, -0.1) is 0 Å². The molecule has 0 aliphatic heterocycles. The quantitative estimate of drug-likeness (QED) is 0.665. The molecule has 0 bridgehead atoms. The fourth-order valence-electron chi connectivity index (χ4n) is 0.998. The van der Waals surface area contributed by atoms with Crippen molar-refractivity contribution in [1.29, 1.82) is 0 Å². The minimum atomic E-state index is -0.0919. The molecule has 1 aromatic rings. The average Bonchev–Trinajstić information content (AvgIpc) is 2.54. The molecular weight excluding hydrogens is 168 g/mol. The first-order valence-corrected chi connectivity index (χ1v) is 4.28. The number of carbonyl (C=O) groups excluding carboxylic acids is 1. The lowest BCUT2D eigenvalue weighted by Crippen LogP contribution is -2.22. The van der Waals surface area contributed by atoms with Crippen molar-refractivity contribution in [3.63, 3.8) is 0 Å². The van der Waals surface area contributed by atoms with Crippen LogP contribution < -0.4 is 11.1 Å². The fraction of sp³-hybridized carbons (Fsp3) is 0.500. The van der Waals surface area contributed by atoms with Gasteiger partial charge in [-0.1, -0.05) is 0 Å². The molecule has 0 aliphatic carbocycles. The maximum atomic E-state index is 11.3. The molecule has 0 saturated carbocycles. The van der Waals surface area contributed by atoms with Crippen LogP contribution in [0.5, 0.6) is 0 Å². The Labute approximate surface area is 76.9 Å². The van der Waals surface area contributed by atoms with Gasteiger partial charge in [0, 0.05) is 19.3 Å². The number of amides is 1. The molecule has 13 heavy (non-hydrogen) atoms. The highest BCUT2D eigenvalue weighted by Gasteiger charge is 2.05. The van der Waals surface area contributed by atoms with Gasteiger partial charge in [-0.2, -0.15) is 5.10 Å². The van der Waals surface area contributed by atoms with Crippen molar-refractivity contribution in [3.05, 3.63) is 18.0 Å². The molecule has 1 rings (SSSR count). The van der Waals surface area contributed by atoms with Crippen LogP contribution in [-0.2, 0) is 6.54 Å². The zero-order valence-electron chi connectivity index (χ0n) is 7.66. The second-order valence-corrected chi connectivity index (χ2v) is 2.64. The molecule has 0 unspecified atom stereocenters. The number of nitrogens with zero attached hydrogens (tertiary/aromatic N) is 2. The van der Waals surface area contributed by atoms with E-state index in [1.54, 1.807) is 17.1 Å². The summed E-state index contributed by atoms with van der Waals surface area (Å²) in [5.74, 6) is -0.0919. The van der Waals surface area contributed by atoms with Gasteiger partial charge in [0.15, 0.2) is 0 Å². The summed E-state index contributed by atoms with van der Waals surface area (Å²) in [5, 5.41) is 6.68. The van der Waals surface area contributed by atoms with Gasteiger partial charge in [0.05, 0.1) is 18.3 Å². The Hall–Kier alpha value is -1.36. The number of nitrogens with two attached hydrogens (primary N) is 1. The molecule has 5 heteroatoms. The van der Waals surface area contributed by atoms with Crippen LogP contribution in [-0.4, -0.2) is 28.8 Å². The Balaban J connectivity index is 2.62. The van der Waals surface area contributed by atoms with Gasteiger partial charge in [0.2, 0.25) is 0 Å². The Kier molecular flexibility index (Phi) is 3.45. The van der Waals surface area contributed by atoms with Crippen LogP contribution in [0.1, 0.15) is 17.3 Å². The van der Waals surface area contributed by atoms with Gasteiger partial charge < -0.3 is 11.1 Å². The second kappa shape index (κ2) is 4.61. The Morgan fingerprint density at radius 1 is 1.77 bits per heavy atom. The largest absolute Gasteiger partial charge is 0.352 e. The predicted molar refractivity (Wildman–Crippen MR) is 49.3 cm³/mol. The Morgan fingerprint density at radius 2 is 2.54 bits per heavy atom. The van der Waals surface area contributed by atoms with Gasteiger partial charge in [0.25, 0.3) is 5.91 Å². The highest BCUT2D eigenvalue weighted by molar-refractivity contribution is 5.93. The molecule has 1 amide bonds. The van der Waals surface area contributed by atoms with E-state index < -0.39 is 0 Å². The topological polar surface area (TPSA) is 72.9 Å². The molecule has 5 nitrogen and oxygen atoms in total. The van der Waals surface area contributed by atoms with Crippen molar-refractivity contribution in [2.75, 3.05) is 13.1 Å². The molecule has 0 aromatic carbocycles. The molecule has 0 spiro atoms. The van der Waals surface area contributed by atoms with Gasteiger partial charge in [-0.05, 0) is 6.92 Å². The third kappa shape index (κ3) is 2.55. The van der Waals surface area contributed by atoms with Crippen LogP contribution in [0, 0.1) is 0 Å². The van der Waals surface area contributed by atoms with E-state index in [0.29, 0.717) is 25.2 Å². The maximum Gasteiger partial charge on any atom is 0.254 e. The number of hydrogen-bond acceptors (Lipinski definition) is 3. The maximum absolute atomic E-state index is 11.3. The summed E-state index contributed by atoms with van der Waals surface area (Å²) in [6.07, 6.45) is 3.23. The Morgan fingerprint density at radius 3 is 3.15 bits per heavy atom. The van der Waals surface area contributed by atoms with E-state index in [4.69, 9.17) is 5.73 Å². The standard InChI is InChI=1S/C8H14N4O/c1-2-10-8(13)7-5-11-12(6-7)4-3-9/h5-6H,2-4,9H2,1H3,(H,10,13). The number of carbonyl (C=O) groups is 1. The third-order valence-electron chi connectivity index (χ3n) is 1.59. The number of aromatic nitrogens is 2. The van der Waals surface area contributed by atoms with Gasteiger partial charge in [0.1, 0.15) is 0 Å². The third-order valence-corrected chi connectivity index (χ3v) is 1.59. The minimum Gasteiger partial charge on any atom is -0.352 e. The lowest BCUT2D eigenvalue weighted by molar-refractivity contribution is 0.0955. The van der Waals surface area contributed by atoms with Crippen LogP contribution in [0.2, 0.25) is 0 Å². The first kappa shape index (κ1) is 9.73. The van der Waals surface area contributed by atoms with Crippen LogP contribution in [0.25, 0.3) is 0 Å². The molecule has 0 aliphatic rings. The summed E-state index contributed by atoms with van der Waals surface area (Å²) < 4.78 is 1.66. The van der Waals surface area contributed by atoms with Crippen LogP contribution in [0.15, 0.2) is 12.4 Å². The zero-order chi connectivity index (χ0) is 9.68. The van der Waals surface area contributed by atoms with E-state index >= 15 is 0 Å². The van der Waals surface area contributed by atoms with Crippen molar-refractivity contribution < 1.29 is 4.79 Å². The van der Waals surface area contributed by atoms with Crippen molar-refractivity contribution in [3.8, 4) is 0 Å². The minimum absolute atomic E-state index is 0.0919. The van der Waals surface area contributed by atoms with E-state index in [-0.39, 0.29) is 5.91 Å². The summed E-state index contributed by atoms with van der Waals surface area (Å²) in [6, 6.07) is 0. The smallest absolute Gasteiger partial charge is 0.254 e. The van der Waals surface area contributed by atoms with Crippen LogP contribution in [0.3, 0.4) is 0 Å². The monoisotopic (exact) mass is 182 g/mol. The van der Waals surface area contributed by atoms with Crippen LogP contribution >= 0.6 is 0 Å². The summed E-state index contributed by atoms with van der Waals surface area (Å²) >= 11 is 0. The van der Waals surface area contributed by atoms with E-state index in [1.165, 1.54) is 0 Å². The zero-order valence-corrected chi connectivity index (χ0v) is 7.66. The van der Waals surface area contributed by atoms with E-state index in [1.807, 2.05) is 6.92 Å². The lowest BCUT2D eigenvalue weighted by Gasteiger charge is -1.97. The van der Waals surface area contributed by atoms with Gasteiger partial charge in [-0.25, -0.2) is 0 Å². The Bertz CT molecular complexity index is 281. The molecule has 1 aromatic heterocycles. The molecule has 1 heterocycles. The normalized spacial score (nSPS) is 10.0. The highest BCUT2D eigenvalue weighted by atomic mass is 16.1. The number of nitrogens with one attached hydrogen (secondary N) is 1. The molecule has 0 atom stereocenters. The predicted octanol–water partition coefficient (Wildman–Crippen LogP) is -0.408. The molecule has 0 saturated heterocycles. The molecule has 0 radical (unpaired) electrons. The lowest BCUT2D eigenvalue weighted by atomic mass is 10.3. The van der Waals surface area contributed by atoms with Gasteiger partial charge in [-0.3, -0.25) is 9.48 Å². The SMILES string of the molecule is CCNC(=O)c1cnn(CCN)c1. The van der Waals surface area contributed by atoms with Crippen molar-refractivity contribution in [2.24, 2.45) is 5.73 Å². The number of hydrogen-bond donors (Lipinski definition) is 2. The first-order chi connectivity index (χ1) is 6.27. The second-order valence-electron chi connectivity index (χ2n) is 2.64. The fourth-order valence-corrected chi connectivity index (χ4v) is 0.998. The highest BCUT2D eigenvalue weighted by Crippen LogP contribution is 1.96. The average molecular weight is 182 g/mol. The summed E-state index contributed by atoms with van der Waals surface area (Å²) in [6.45, 7) is 3.67. The first-order valence-electron chi connectivity index (χ1n) is 4.28. The summed E-state index contributed by atoms with van der Waals surface area (Å²) in [4.78, 5) is 11.3. The molecule has 3 N–H and O–H groups in total. The van der Waals surface area contributed by atoms with E-state index in [2.05, 4.69) is 10.4 Å². The van der Waals surface area contributed by atoms with Crippen LogP contribution in [0.4, 0.5) is 0 Å².